The minimum atomic E-state index is -2.10. The summed E-state index contributed by atoms with van der Waals surface area (Å²) in [6.45, 7) is 10.9. The van der Waals surface area contributed by atoms with Gasteiger partial charge in [-0.3, -0.25) is 33.8 Å². The number of rotatable bonds is 13. The van der Waals surface area contributed by atoms with Gasteiger partial charge in [0.15, 0.2) is 0 Å². The number of anilines is 1. The largest absolute Gasteiger partial charge is 0.467 e. The van der Waals surface area contributed by atoms with Gasteiger partial charge in [0.2, 0.25) is 17.7 Å². The number of carbonyl (C=O) groups is 8. The summed E-state index contributed by atoms with van der Waals surface area (Å²) in [6, 6.07) is 16.5. The average molecular weight is 954 g/mol. The van der Waals surface area contributed by atoms with Crippen molar-refractivity contribution in [3.63, 3.8) is 0 Å². The molecule has 18 nitrogen and oxygen atoms in total. The number of likely N-dealkylation sites (tertiary alicyclic amines) is 1. The van der Waals surface area contributed by atoms with Gasteiger partial charge in [-0.25, -0.2) is 14.4 Å². The zero-order valence-electron chi connectivity index (χ0n) is 39.9. The number of nitrogens with one attached hydrogen (secondary N) is 4. The molecule has 6 atom stereocenters. The number of esters is 1. The van der Waals surface area contributed by atoms with E-state index in [-0.39, 0.29) is 42.5 Å². The first kappa shape index (κ1) is 50.6. The fraction of sp³-hybridized carbons (Fsp3) is 0.469. The van der Waals surface area contributed by atoms with Crippen LogP contribution in [0, 0.1) is 0 Å². The number of carboxylic acid groups (broad SMARTS) is 1. The van der Waals surface area contributed by atoms with Gasteiger partial charge in [0, 0.05) is 55.5 Å². The van der Waals surface area contributed by atoms with Gasteiger partial charge in [0.25, 0.3) is 11.8 Å². The van der Waals surface area contributed by atoms with Crippen molar-refractivity contribution in [3.05, 3.63) is 101 Å². The van der Waals surface area contributed by atoms with E-state index in [2.05, 4.69) is 40.4 Å². The standard InChI is InChI=1S/C49H63N7O11Si/c1-29(54(5)48(65)67-49(2,3)4)41(57)53-38(45(61)56-28-68(7,8)27-40(56)44(60)52-37-15-11-13-31-12-9-10-14-36(31)37)24-30-16-22-34(23-17-30)50-42(58)32-18-20-33(21-19-32)43(59)51-35-25-39(46(62)66-6)55(26-35)47(63)64/h9-10,12,14,16-23,29,35,37-40H,11,13,15,24-28H2,1-8H3,(H,50,58)(H,51,59)(H,52,60)(H,53,57)(H,63,64)/t29-,35?,37+,38-,39?,40-/m0/s1. The van der Waals surface area contributed by atoms with E-state index in [0.717, 1.165) is 36.8 Å². The predicted octanol–water partition coefficient (Wildman–Crippen LogP) is 4.90. The molecule has 68 heavy (non-hydrogen) atoms. The van der Waals surface area contributed by atoms with Crippen LogP contribution in [0.2, 0.25) is 19.1 Å². The second-order valence-corrected chi connectivity index (χ2v) is 24.7. The first-order chi connectivity index (χ1) is 32.0. The number of carbonyl (C=O) groups excluding carboxylic acids is 7. The van der Waals surface area contributed by atoms with Crippen LogP contribution >= 0.6 is 0 Å². The van der Waals surface area contributed by atoms with E-state index >= 15 is 0 Å². The number of hydrogen-bond donors (Lipinski definition) is 5. The Bertz CT molecular complexity index is 2410. The maximum atomic E-state index is 14.8. The van der Waals surface area contributed by atoms with Crippen molar-refractivity contribution in [2.24, 2.45) is 0 Å². The van der Waals surface area contributed by atoms with E-state index in [0.29, 0.717) is 23.5 Å². The van der Waals surface area contributed by atoms with E-state index in [4.69, 9.17) is 9.47 Å². The highest BCUT2D eigenvalue weighted by atomic mass is 28.3. The van der Waals surface area contributed by atoms with Crippen molar-refractivity contribution in [1.29, 1.82) is 0 Å². The molecule has 0 saturated carbocycles. The van der Waals surface area contributed by atoms with Crippen LogP contribution in [0.4, 0.5) is 15.3 Å². The molecule has 1 aliphatic carbocycles. The van der Waals surface area contributed by atoms with Crippen molar-refractivity contribution in [2.45, 2.75) is 121 Å². The Morgan fingerprint density at radius 3 is 2.15 bits per heavy atom. The van der Waals surface area contributed by atoms with Crippen LogP contribution in [0.25, 0.3) is 0 Å². The summed E-state index contributed by atoms with van der Waals surface area (Å²) in [5.74, 6) is -2.93. The number of aryl methyl sites for hydroxylation is 1. The molecule has 0 aromatic heterocycles. The van der Waals surface area contributed by atoms with Crippen molar-refractivity contribution in [3.8, 4) is 0 Å². The number of ether oxygens (including phenoxy) is 2. The molecule has 2 unspecified atom stereocenters. The monoisotopic (exact) mass is 953 g/mol. The molecule has 5 N–H and O–H groups in total. The van der Waals surface area contributed by atoms with Crippen LogP contribution in [0.5, 0.6) is 0 Å². The molecule has 7 amide bonds. The van der Waals surface area contributed by atoms with Crippen LogP contribution in [-0.4, -0.2) is 138 Å². The molecule has 0 bridgehead atoms. The van der Waals surface area contributed by atoms with E-state index < -0.39 is 85.7 Å². The van der Waals surface area contributed by atoms with Crippen molar-refractivity contribution in [2.75, 3.05) is 32.2 Å². The molecule has 3 aromatic rings. The van der Waals surface area contributed by atoms with Crippen molar-refractivity contribution < 1.29 is 52.9 Å². The molecular formula is C49H63N7O11Si. The second-order valence-electron chi connectivity index (χ2n) is 19.6. The zero-order chi connectivity index (χ0) is 49.7. The SMILES string of the molecule is COC(=O)C1CC(NC(=O)c2ccc(C(=O)Nc3ccc(C[C@H](NC(=O)[C@H](C)N(C)C(=O)OC(C)(C)C)C(=O)N4C[Si](C)(C)C[C@H]4C(=O)N[C@@H]4CCCc5ccccc54)cc3)cc2)CN1C(=O)O. The lowest BCUT2D eigenvalue weighted by molar-refractivity contribution is -0.145. The molecule has 2 fully saturated rings. The molecule has 2 heterocycles. The highest BCUT2D eigenvalue weighted by molar-refractivity contribution is 6.79. The molecular weight excluding hydrogens is 891 g/mol. The highest BCUT2D eigenvalue weighted by Crippen LogP contribution is 2.33. The summed E-state index contributed by atoms with van der Waals surface area (Å²) >= 11 is 0. The minimum absolute atomic E-state index is 0.0343. The molecule has 2 saturated heterocycles. The van der Waals surface area contributed by atoms with Gasteiger partial charge in [-0.05, 0) is 106 Å². The van der Waals surface area contributed by atoms with Crippen LogP contribution in [0.3, 0.4) is 0 Å². The minimum Gasteiger partial charge on any atom is -0.467 e. The van der Waals surface area contributed by atoms with E-state index in [9.17, 15) is 43.5 Å². The molecule has 3 aromatic carbocycles. The van der Waals surface area contributed by atoms with Gasteiger partial charge in [0.1, 0.15) is 29.8 Å². The summed E-state index contributed by atoms with van der Waals surface area (Å²) in [6.07, 6.45) is 1.13. The van der Waals surface area contributed by atoms with Crippen LogP contribution in [0.15, 0.2) is 72.8 Å². The lowest BCUT2D eigenvalue weighted by atomic mass is 9.87. The fourth-order valence-corrected chi connectivity index (χ4v) is 11.9. The Balaban J connectivity index is 1.14. The van der Waals surface area contributed by atoms with Gasteiger partial charge >= 0.3 is 18.2 Å². The van der Waals surface area contributed by atoms with Crippen molar-refractivity contribution >= 4 is 61.5 Å². The lowest BCUT2D eigenvalue weighted by Gasteiger charge is -2.33. The summed E-state index contributed by atoms with van der Waals surface area (Å²) in [7, 11) is 0.515. The topological polar surface area (TPSA) is 233 Å². The van der Waals surface area contributed by atoms with E-state index in [1.54, 1.807) is 56.9 Å². The average Bonchev–Trinajstić information content (AvgIpc) is 3.88. The van der Waals surface area contributed by atoms with E-state index in [1.165, 1.54) is 41.8 Å². The van der Waals surface area contributed by atoms with Crippen LogP contribution in [0.1, 0.15) is 90.4 Å². The summed E-state index contributed by atoms with van der Waals surface area (Å²) in [5, 5.41) is 21.2. The van der Waals surface area contributed by atoms with Gasteiger partial charge in [-0.15, -0.1) is 0 Å². The molecule has 2 aliphatic heterocycles. The van der Waals surface area contributed by atoms with Gasteiger partial charge < -0.3 is 40.7 Å². The number of fused-ring (bicyclic) bond motifs is 1. The number of hydrogen-bond acceptors (Lipinski definition) is 10. The summed E-state index contributed by atoms with van der Waals surface area (Å²) < 4.78 is 10.2. The molecule has 19 heteroatoms. The number of methoxy groups -OCH3 is 1. The van der Waals surface area contributed by atoms with Gasteiger partial charge in [-0.2, -0.15) is 0 Å². The lowest BCUT2D eigenvalue weighted by Crippen LogP contribution is -2.57. The zero-order valence-corrected chi connectivity index (χ0v) is 40.9. The third-order valence-corrected chi connectivity index (χ3v) is 15.4. The molecule has 364 valence electrons. The Kier molecular flexibility index (Phi) is 15.7. The van der Waals surface area contributed by atoms with E-state index in [1.807, 2.05) is 18.2 Å². The molecule has 6 rings (SSSR count). The molecule has 0 radical (unpaired) electrons. The first-order valence-corrected chi connectivity index (χ1v) is 26.3. The normalized spacial score (nSPS) is 20.5. The Hall–Kier alpha value is -6.76. The van der Waals surface area contributed by atoms with Crippen molar-refractivity contribution in [1.82, 2.24) is 30.7 Å². The smallest absolute Gasteiger partial charge is 0.410 e. The quantitative estimate of drug-likeness (QED) is 0.114. The molecule has 3 aliphatic rings. The summed E-state index contributed by atoms with van der Waals surface area (Å²) in [4.78, 5) is 110. The maximum absolute atomic E-state index is 14.8. The number of nitrogens with zero attached hydrogens (tertiary/aromatic N) is 3. The maximum Gasteiger partial charge on any atom is 0.410 e. The Morgan fingerprint density at radius 1 is 0.868 bits per heavy atom. The van der Waals surface area contributed by atoms with Crippen LogP contribution < -0.4 is 21.3 Å². The van der Waals surface area contributed by atoms with Gasteiger partial charge in [0.05, 0.1) is 21.2 Å². The fourth-order valence-electron chi connectivity index (χ4n) is 8.98. The number of benzene rings is 3. The number of likely N-dealkylation sites (N-methyl/N-ethyl adjacent to an activating group) is 1. The third kappa shape index (κ3) is 12.4. The Morgan fingerprint density at radius 2 is 1.51 bits per heavy atom. The summed E-state index contributed by atoms with van der Waals surface area (Å²) in [5.41, 5.74) is 3.02. The first-order valence-electron chi connectivity index (χ1n) is 22.9. The van der Waals surface area contributed by atoms with Crippen LogP contribution in [-0.2, 0) is 41.5 Å². The number of amides is 7. The highest BCUT2D eigenvalue weighted by Gasteiger charge is 2.47. The second kappa shape index (κ2) is 21.0. The molecule has 0 spiro atoms. The predicted molar refractivity (Wildman–Crippen MR) is 254 cm³/mol. The van der Waals surface area contributed by atoms with Gasteiger partial charge in [-0.1, -0.05) is 49.5 Å². The third-order valence-electron chi connectivity index (χ3n) is 12.7. The Labute approximate surface area is 397 Å².